The third-order valence-corrected chi connectivity index (χ3v) is 7.22. The van der Waals surface area contributed by atoms with Crippen LogP contribution in [-0.2, 0) is 22.6 Å². The van der Waals surface area contributed by atoms with Crippen LogP contribution >= 0.6 is 11.3 Å². The molecule has 1 aromatic rings. The van der Waals surface area contributed by atoms with Crippen LogP contribution in [0.25, 0.3) is 0 Å². The van der Waals surface area contributed by atoms with Gasteiger partial charge in [-0.15, -0.1) is 0 Å². The number of hydrogen-bond donors (Lipinski definition) is 1. The van der Waals surface area contributed by atoms with E-state index >= 15 is 0 Å². The second-order valence-electron chi connectivity index (χ2n) is 7.84. The van der Waals surface area contributed by atoms with Gasteiger partial charge in [0.2, 0.25) is 5.91 Å². The van der Waals surface area contributed by atoms with Crippen molar-refractivity contribution in [1.29, 1.82) is 0 Å². The van der Waals surface area contributed by atoms with E-state index in [0.29, 0.717) is 6.61 Å². The van der Waals surface area contributed by atoms with E-state index in [0.717, 1.165) is 60.9 Å². The number of thiazole rings is 1. The zero-order valence-electron chi connectivity index (χ0n) is 12.8. The highest BCUT2D eigenvalue weighted by atomic mass is 32.1. The minimum Gasteiger partial charge on any atom is -0.375 e. The molecular formula is C17H22N2O2S. The molecule has 4 fully saturated rings. The first-order valence-electron chi connectivity index (χ1n) is 8.58. The first kappa shape index (κ1) is 13.5. The number of hydrogen-bond acceptors (Lipinski definition) is 4. The number of rotatable bonds is 2. The summed E-state index contributed by atoms with van der Waals surface area (Å²) >= 11 is 1.60. The normalized spacial score (nSPS) is 38.8. The Kier molecular flexibility index (Phi) is 2.93. The van der Waals surface area contributed by atoms with Gasteiger partial charge in [-0.3, -0.25) is 4.79 Å². The van der Waals surface area contributed by atoms with Crippen LogP contribution in [0.1, 0.15) is 49.1 Å². The largest absolute Gasteiger partial charge is 0.375 e. The van der Waals surface area contributed by atoms with Gasteiger partial charge in [0.25, 0.3) is 0 Å². The molecule has 2 heterocycles. The molecule has 4 nitrogen and oxygen atoms in total. The van der Waals surface area contributed by atoms with Gasteiger partial charge >= 0.3 is 0 Å². The number of nitrogens with one attached hydrogen (secondary N) is 1. The Hall–Kier alpha value is -0.940. The number of ether oxygens (including phenoxy) is 1. The molecule has 1 N–H and O–H groups in total. The molecule has 0 radical (unpaired) electrons. The third-order valence-electron chi connectivity index (χ3n) is 6.23. The lowest BCUT2D eigenvalue weighted by molar-refractivity contribution is -0.140. The van der Waals surface area contributed by atoms with E-state index < -0.39 is 0 Å². The van der Waals surface area contributed by atoms with E-state index in [-0.39, 0.29) is 11.3 Å². The predicted octanol–water partition coefficient (Wildman–Crippen LogP) is 3.37. The maximum absolute atomic E-state index is 13.0. The van der Waals surface area contributed by atoms with E-state index in [2.05, 4.69) is 10.3 Å². The highest BCUT2D eigenvalue weighted by molar-refractivity contribution is 7.15. The Morgan fingerprint density at radius 2 is 1.86 bits per heavy atom. The van der Waals surface area contributed by atoms with Gasteiger partial charge in [0.1, 0.15) is 0 Å². The number of amides is 1. The van der Waals surface area contributed by atoms with Gasteiger partial charge in [0.05, 0.1) is 29.2 Å². The van der Waals surface area contributed by atoms with Gasteiger partial charge in [-0.05, 0) is 56.3 Å². The number of fused-ring (bicyclic) bond motifs is 1. The van der Waals surface area contributed by atoms with Crippen LogP contribution in [0.5, 0.6) is 0 Å². The second-order valence-corrected chi connectivity index (χ2v) is 8.93. The molecule has 22 heavy (non-hydrogen) atoms. The van der Waals surface area contributed by atoms with Crippen LogP contribution in [-0.4, -0.2) is 17.5 Å². The summed E-state index contributed by atoms with van der Waals surface area (Å²) in [5.41, 5.74) is 1.04. The molecule has 4 saturated carbocycles. The molecule has 4 aliphatic carbocycles. The molecule has 0 atom stereocenters. The monoisotopic (exact) mass is 318 g/mol. The van der Waals surface area contributed by atoms with Crippen LogP contribution in [0.2, 0.25) is 0 Å². The zero-order valence-corrected chi connectivity index (χ0v) is 13.6. The van der Waals surface area contributed by atoms with Gasteiger partial charge in [0.15, 0.2) is 5.13 Å². The van der Waals surface area contributed by atoms with E-state index in [4.69, 9.17) is 4.74 Å². The standard InChI is InChI=1S/C17H22N2O2S/c20-15(19-16-18-13-1-2-21-9-14(13)22-16)17-6-10-3-11(7-17)5-12(4-10)8-17/h10-12H,1-9H2,(H,18,19,20). The summed E-state index contributed by atoms with van der Waals surface area (Å²) in [6.45, 7) is 1.40. The van der Waals surface area contributed by atoms with Crippen molar-refractivity contribution in [3.05, 3.63) is 10.6 Å². The fourth-order valence-corrected chi connectivity index (χ4v) is 6.64. The average molecular weight is 318 g/mol. The maximum Gasteiger partial charge on any atom is 0.232 e. The van der Waals surface area contributed by atoms with Gasteiger partial charge in [-0.25, -0.2) is 4.98 Å². The van der Waals surface area contributed by atoms with E-state index in [1.807, 2.05) is 0 Å². The Balaban J connectivity index is 1.37. The first-order chi connectivity index (χ1) is 10.7. The molecule has 1 aliphatic heterocycles. The van der Waals surface area contributed by atoms with Crippen molar-refractivity contribution in [2.75, 3.05) is 11.9 Å². The van der Waals surface area contributed by atoms with Crippen molar-refractivity contribution >= 4 is 22.4 Å². The summed E-state index contributed by atoms with van der Waals surface area (Å²) in [4.78, 5) is 18.8. The van der Waals surface area contributed by atoms with Crippen LogP contribution < -0.4 is 5.32 Å². The molecule has 1 aromatic heterocycles. The van der Waals surface area contributed by atoms with E-state index in [9.17, 15) is 4.79 Å². The zero-order chi connectivity index (χ0) is 14.7. The summed E-state index contributed by atoms with van der Waals surface area (Å²) in [7, 11) is 0. The average Bonchev–Trinajstić information content (AvgIpc) is 2.88. The molecule has 5 aliphatic rings. The molecule has 118 valence electrons. The molecule has 0 unspecified atom stereocenters. The van der Waals surface area contributed by atoms with Crippen LogP contribution in [0, 0.1) is 23.2 Å². The van der Waals surface area contributed by atoms with Crippen LogP contribution in [0.15, 0.2) is 0 Å². The Labute approximate surface area is 134 Å². The lowest BCUT2D eigenvalue weighted by Crippen LogP contribution is -2.51. The van der Waals surface area contributed by atoms with Gasteiger partial charge < -0.3 is 10.1 Å². The van der Waals surface area contributed by atoms with Crippen LogP contribution in [0.3, 0.4) is 0 Å². The smallest absolute Gasteiger partial charge is 0.232 e. The molecule has 6 rings (SSSR count). The van der Waals surface area contributed by atoms with Gasteiger partial charge in [0, 0.05) is 6.42 Å². The predicted molar refractivity (Wildman–Crippen MR) is 84.7 cm³/mol. The SMILES string of the molecule is O=C(Nc1nc2c(s1)COCC2)C12CC3CC(CC(C3)C1)C2. The molecule has 0 saturated heterocycles. The number of carbonyl (C=O) groups is 1. The molecule has 0 spiro atoms. The summed E-state index contributed by atoms with van der Waals surface area (Å²) < 4.78 is 5.47. The van der Waals surface area contributed by atoms with Crippen LogP contribution in [0.4, 0.5) is 5.13 Å². The van der Waals surface area contributed by atoms with E-state index in [1.165, 1.54) is 24.1 Å². The van der Waals surface area contributed by atoms with Crippen molar-refractivity contribution < 1.29 is 9.53 Å². The molecular weight excluding hydrogens is 296 g/mol. The van der Waals surface area contributed by atoms with Crippen molar-refractivity contribution in [2.45, 2.75) is 51.6 Å². The first-order valence-corrected chi connectivity index (χ1v) is 9.40. The number of anilines is 1. The topological polar surface area (TPSA) is 51.2 Å². The number of aromatic nitrogens is 1. The molecule has 1 amide bonds. The summed E-state index contributed by atoms with van der Waals surface area (Å²) in [5, 5.41) is 3.96. The summed E-state index contributed by atoms with van der Waals surface area (Å²) in [6, 6.07) is 0. The fourth-order valence-electron chi connectivity index (χ4n) is 5.70. The maximum atomic E-state index is 13.0. The summed E-state index contributed by atoms with van der Waals surface area (Å²) in [5.74, 6) is 2.65. The van der Waals surface area contributed by atoms with Crippen molar-refractivity contribution in [1.82, 2.24) is 4.98 Å². The minimum atomic E-state index is -0.0859. The highest BCUT2D eigenvalue weighted by Crippen LogP contribution is 2.60. The lowest BCUT2D eigenvalue weighted by atomic mass is 9.49. The second kappa shape index (κ2) is 4.78. The lowest BCUT2D eigenvalue weighted by Gasteiger charge is -2.55. The number of nitrogens with zero attached hydrogens (tertiary/aromatic N) is 1. The Morgan fingerprint density at radius 3 is 2.50 bits per heavy atom. The van der Waals surface area contributed by atoms with E-state index in [1.54, 1.807) is 11.3 Å². The summed E-state index contributed by atoms with van der Waals surface area (Å²) in [6.07, 6.45) is 8.32. The van der Waals surface area contributed by atoms with Gasteiger partial charge in [-0.1, -0.05) is 11.3 Å². The Morgan fingerprint density at radius 1 is 1.18 bits per heavy atom. The third kappa shape index (κ3) is 2.05. The van der Waals surface area contributed by atoms with Crippen molar-refractivity contribution in [3.63, 3.8) is 0 Å². The molecule has 4 bridgehead atoms. The van der Waals surface area contributed by atoms with Gasteiger partial charge in [-0.2, -0.15) is 0 Å². The molecule has 5 heteroatoms. The Bertz CT molecular complexity index is 565. The number of carbonyl (C=O) groups excluding carboxylic acids is 1. The van der Waals surface area contributed by atoms with Crippen molar-refractivity contribution in [2.24, 2.45) is 23.2 Å². The molecule has 0 aromatic carbocycles. The fraction of sp³-hybridized carbons (Fsp3) is 0.765. The van der Waals surface area contributed by atoms with Crippen molar-refractivity contribution in [3.8, 4) is 0 Å². The highest BCUT2D eigenvalue weighted by Gasteiger charge is 2.54. The quantitative estimate of drug-likeness (QED) is 0.909. The minimum absolute atomic E-state index is 0.0859.